The first-order valence-electron chi connectivity index (χ1n) is 11.0. The monoisotopic (exact) mass is 475 g/mol. The summed E-state index contributed by atoms with van der Waals surface area (Å²) in [5.41, 5.74) is 1.91. The summed E-state index contributed by atoms with van der Waals surface area (Å²) < 4.78 is 42.7. The zero-order valence-corrected chi connectivity index (χ0v) is 17.9. The van der Waals surface area contributed by atoms with Gasteiger partial charge in [-0.2, -0.15) is 18.2 Å². The van der Waals surface area contributed by atoms with E-state index in [4.69, 9.17) is 0 Å². The standard InChI is InChI=1S/C22H20F3N5O4/c23-22(24,25)21-28-18(29-34-21)11-5-6-12-10-30(20(33)13(12)9-11)16-4-2-1-3-14(16)27-19(32)15-7-8-17(31)26-15/h5-6,9,15-16H,1-4,7-8,10H2,(H,26,31). The number of carbonyl (C=O) groups is 3. The molecule has 1 aliphatic carbocycles. The molecule has 2 aromatic rings. The average Bonchev–Trinajstić information content (AvgIpc) is 3.53. The molecule has 1 aromatic carbocycles. The van der Waals surface area contributed by atoms with E-state index in [1.54, 1.807) is 17.0 Å². The maximum absolute atomic E-state index is 13.3. The lowest BCUT2D eigenvalue weighted by atomic mass is 9.92. The summed E-state index contributed by atoms with van der Waals surface area (Å²) in [4.78, 5) is 46.6. The quantitative estimate of drug-likeness (QED) is 0.730. The molecule has 34 heavy (non-hydrogen) atoms. The Kier molecular flexibility index (Phi) is 5.45. The van der Waals surface area contributed by atoms with Crippen LogP contribution in [0.15, 0.2) is 27.7 Å². The molecule has 2 atom stereocenters. The number of nitrogens with zero attached hydrogens (tertiary/aromatic N) is 4. The second-order valence-corrected chi connectivity index (χ2v) is 8.59. The van der Waals surface area contributed by atoms with Gasteiger partial charge in [-0.1, -0.05) is 23.7 Å². The Morgan fingerprint density at radius 2 is 2.00 bits per heavy atom. The number of hydrogen-bond donors (Lipinski definition) is 1. The van der Waals surface area contributed by atoms with Gasteiger partial charge in [-0.3, -0.25) is 14.4 Å². The number of halogens is 3. The van der Waals surface area contributed by atoms with E-state index >= 15 is 0 Å². The Morgan fingerprint density at radius 1 is 1.18 bits per heavy atom. The van der Waals surface area contributed by atoms with Crippen LogP contribution in [0.4, 0.5) is 13.2 Å². The molecule has 3 amide bonds. The minimum atomic E-state index is -4.76. The zero-order chi connectivity index (χ0) is 24.0. The zero-order valence-electron chi connectivity index (χ0n) is 17.9. The van der Waals surface area contributed by atoms with Crippen molar-refractivity contribution in [1.82, 2.24) is 20.4 Å². The highest BCUT2D eigenvalue weighted by Crippen LogP contribution is 2.34. The van der Waals surface area contributed by atoms with E-state index in [9.17, 15) is 27.6 Å². The fraction of sp³-hybridized carbons (Fsp3) is 0.455. The second-order valence-electron chi connectivity index (χ2n) is 8.59. The van der Waals surface area contributed by atoms with Crippen LogP contribution < -0.4 is 5.32 Å². The predicted octanol–water partition coefficient (Wildman–Crippen LogP) is 2.90. The van der Waals surface area contributed by atoms with Gasteiger partial charge < -0.3 is 14.7 Å². The lowest BCUT2D eigenvalue weighted by Gasteiger charge is -2.32. The largest absolute Gasteiger partial charge is 0.471 e. The molecule has 9 nitrogen and oxygen atoms in total. The van der Waals surface area contributed by atoms with Crippen LogP contribution in [-0.2, 0) is 22.3 Å². The Bertz CT molecular complexity index is 1210. The summed E-state index contributed by atoms with van der Waals surface area (Å²) in [5, 5.41) is 6.00. The number of carbonyl (C=O) groups excluding carboxylic acids is 3. The fourth-order valence-corrected chi connectivity index (χ4v) is 4.63. The van der Waals surface area contributed by atoms with Crippen LogP contribution in [0.5, 0.6) is 0 Å². The van der Waals surface area contributed by atoms with Crippen molar-refractivity contribution in [3.63, 3.8) is 0 Å². The predicted molar refractivity (Wildman–Crippen MR) is 110 cm³/mol. The summed E-state index contributed by atoms with van der Waals surface area (Å²) in [6, 6.07) is 3.67. The number of fused-ring (bicyclic) bond motifs is 1. The first-order chi connectivity index (χ1) is 16.2. The Hall–Kier alpha value is -3.57. The van der Waals surface area contributed by atoms with Crippen LogP contribution in [0.2, 0.25) is 0 Å². The topological polar surface area (TPSA) is 118 Å². The highest BCUT2D eigenvalue weighted by Gasteiger charge is 2.40. The molecule has 0 radical (unpaired) electrons. The van der Waals surface area contributed by atoms with Crippen LogP contribution in [0, 0.1) is 0 Å². The molecule has 0 spiro atoms. The maximum Gasteiger partial charge on any atom is 0.471 e. The van der Waals surface area contributed by atoms with Crippen molar-refractivity contribution in [1.29, 1.82) is 0 Å². The number of alkyl halides is 3. The minimum Gasteiger partial charge on any atom is -0.344 e. The minimum absolute atomic E-state index is 0.177. The summed E-state index contributed by atoms with van der Waals surface area (Å²) in [6.45, 7) is 0.298. The Balaban J connectivity index is 1.38. The van der Waals surface area contributed by atoms with E-state index in [1.807, 2.05) is 0 Å². The summed E-state index contributed by atoms with van der Waals surface area (Å²) >= 11 is 0. The van der Waals surface area contributed by atoms with Crippen LogP contribution in [0.3, 0.4) is 0 Å². The molecule has 1 saturated heterocycles. The van der Waals surface area contributed by atoms with Crippen molar-refractivity contribution in [2.75, 3.05) is 0 Å². The van der Waals surface area contributed by atoms with Gasteiger partial charge >= 0.3 is 12.1 Å². The smallest absolute Gasteiger partial charge is 0.344 e. The maximum atomic E-state index is 13.3. The first-order valence-corrected chi connectivity index (χ1v) is 11.0. The van der Waals surface area contributed by atoms with E-state index in [2.05, 4.69) is 25.0 Å². The molecule has 1 saturated carbocycles. The summed E-state index contributed by atoms with van der Waals surface area (Å²) in [5.74, 6) is -2.59. The summed E-state index contributed by atoms with van der Waals surface area (Å²) in [7, 11) is 0. The van der Waals surface area contributed by atoms with Crippen LogP contribution in [0.25, 0.3) is 11.4 Å². The molecule has 2 fully saturated rings. The number of amides is 3. The Morgan fingerprint density at radius 3 is 2.71 bits per heavy atom. The number of benzene rings is 1. The molecule has 5 rings (SSSR count). The summed E-state index contributed by atoms with van der Waals surface area (Å²) in [6.07, 6.45) is -1.13. The van der Waals surface area contributed by atoms with Gasteiger partial charge in [0.1, 0.15) is 6.04 Å². The van der Waals surface area contributed by atoms with Crippen molar-refractivity contribution in [3.8, 4) is 11.4 Å². The number of aromatic nitrogens is 2. The SMILES string of the molecule is O=C1CCC(C(=O)N=C2CCCCC2N2Cc3ccc(-c4noc(C(F)(F)F)n4)cc3C2=O)N1. The van der Waals surface area contributed by atoms with Crippen molar-refractivity contribution in [2.45, 2.75) is 63.3 Å². The van der Waals surface area contributed by atoms with Crippen molar-refractivity contribution in [3.05, 3.63) is 35.2 Å². The third-order valence-electron chi connectivity index (χ3n) is 6.34. The normalized spacial score (nSPS) is 24.0. The van der Waals surface area contributed by atoms with Gasteiger partial charge in [-0.05, 0) is 37.3 Å². The average molecular weight is 475 g/mol. The van der Waals surface area contributed by atoms with Gasteiger partial charge in [0.05, 0.1) is 6.04 Å². The van der Waals surface area contributed by atoms with Crippen molar-refractivity contribution >= 4 is 23.4 Å². The third kappa shape index (κ3) is 4.08. The number of hydrogen-bond acceptors (Lipinski definition) is 6. The van der Waals surface area contributed by atoms with Gasteiger partial charge in [0, 0.05) is 29.8 Å². The van der Waals surface area contributed by atoms with Crippen molar-refractivity contribution in [2.24, 2.45) is 4.99 Å². The van der Waals surface area contributed by atoms with E-state index in [0.29, 0.717) is 42.6 Å². The molecule has 178 valence electrons. The molecule has 2 aliphatic heterocycles. The fourth-order valence-electron chi connectivity index (χ4n) is 4.63. The highest BCUT2D eigenvalue weighted by atomic mass is 19.4. The van der Waals surface area contributed by atoms with Gasteiger partial charge in [-0.25, -0.2) is 4.99 Å². The van der Waals surface area contributed by atoms with Gasteiger partial charge in [0.2, 0.25) is 11.7 Å². The van der Waals surface area contributed by atoms with Crippen molar-refractivity contribution < 1.29 is 32.1 Å². The molecular formula is C22H20F3N5O4. The van der Waals surface area contributed by atoms with E-state index in [1.165, 1.54) is 6.07 Å². The second kappa shape index (κ2) is 8.33. The lowest BCUT2D eigenvalue weighted by molar-refractivity contribution is -0.159. The molecule has 0 bridgehead atoms. The molecule has 12 heteroatoms. The first kappa shape index (κ1) is 22.2. The van der Waals surface area contributed by atoms with Crippen LogP contribution >= 0.6 is 0 Å². The van der Waals surface area contributed by atoms with Gasteiger partial charge in [0.15, 0.2) is 0 Å². The van der Waals surface area contributed by atoms with Gasteiger partial charge in [-0.15, -0.1) is 0 Å². The molecule has 3 aliphatic rings. The van der Waals surface area contributed by atoms with E-state index in [-0.39, 0.29) is 35.7 Å². The molecular weight excluding hydrogens is 455 g/mol. The highest BCUT2D eigenvalue weighted by molar-refractivity contribution is 6.06. The van der Waals surface area contributed by atoms with E-state index in [0.717, 1.165) is 12.8 Å². The third-order valence-corrected chi connectivity index (χ3v) is 6.34. The van der Waals surface area contributed by atoms with Crippen LogP contribution in [-0.4, -0.2) is 50.6 Å². The Labute approximate surface area is 191 Å². The molecule has 1 N–H and O–H groups in total. The molecule has 2 unspecified atom stereocenters. The lowest BCUT2D eigenvalue weighted by Crippen LogP contribution is -2.44. The number of aliphatic imine (C=N–C) groups is 1. The van der Waals surface area contributed by atoms with Gasteiger partial charge in [0.25, 0.3) is 11.8 Å². The molecule has 1 aromatic heterocycles. The number of nitrogens with one attached hydrogen (secondary N) is 1. The van der Waals surface area contributed by atoms with Crippen LogP contribution in [0.1, 0.15) is 60.3 Å². The van der Waals surface area contributed by atoms with E-state index < -0.39 is 24.0 Å². The molecule has 3 heterocycles. The number of rotatable bonds is 3.